The minimum absolute atomic E-state index is 0.163. The highest BCUT2D eigenvalue weighted by molar-refractivity contribution is 5.17. The molecule has 17 heavy (non-hydrogen) atoms. The van der Waals surface area contributed by atoms with Crippen molar-refractivity contribution in [2.75, 3.05) is 0 Å². The van der Waals surface area contributed by atoms with Crippen LogP contribution in [0.1, 0.15) is 57.8 Å². The molecule has 2 rings (SSSR count). The van der Waals surface area contributed by atoms with Crippen molar-refractivity contribution in [3.8, 4) is 0 Å². The summed E-state index contributed by atoms with van der Waals surface area (Å²) in [6.07, 6.45) is 4.76. The van der Waals surface area contributed by atoms with E-state index in [2.05, 4.69) is 49.7 Å². The van der Waals surface area contributed by atoms with Gasteiger partial charge in [-0.3, -0.25) is 4.68 Å². The molecular weight excluding hydrogens is 210 g/mol. The van der Waals surface area contributed by atoms with Gasteiger partial charge in [0.05, 0.1) is 12.2 Å². The van der Waals surface area contributed by atoms with Crippen LogP contribution >= 0.6 is 0 Å². The summed E-state index contributed by atoms with van der Waals surface area (Å²) in [7, 11) is 0. The second kappa shape index (κ2) is 4.45. The minimum atomic E-state index is 0.163. The van der Waals surface area contributed by atoms with Gasteiger partial charge in [0.15, 0.2) is 0 Å². The Morgan fingerprint density at radius 3 is 2.65 bits per heavy atom. The lowest BCUT2D eigenvalue weighted by molar-refractivity contribution is 0.418. The van der Waals surface area contributed by atoms with Crippen molar-refractivity contribution in [1.29, 1.82) is 0 Å². The molecular formula is C14H25N3. The van der Waals surface area contributed by atoms with E-state index >= 15 is 0 Å². The van der Waals surface area contributed by atoms with E-state index in [1.54, 1.807) is 0 Å². The number of hydrogen-bond acceptors (Lipinski definition) is 2. The molecule has 1 fully saturated rings. The fourth-order valence-corrected chi connectivity index (χ4v) is 2.18. The van der Waals surface area contributed by atoms with Gasteiger partial charge in [-0.25, -0.2) is 0 Å². The van der Waals surface area contributed by atoms with E-state index < -0.39 is 0 Å². The summed E-state index contributed by atoms with van der Waals surface area (Å²) >= 11 is 0. The maximum Gasteiger partial charge on any atom is 0.0537 e. The van der Waals surface area contributed by atoms with Gasteiger partial charge in [0.2, 0.25) is 0 Å². The van der Waals surface area contributed by atoms with Crippen molar-refractivity contribution in [3.05, 3.63) is 17.5 Å². The third-order valence-corrected chi connectivity index (χ3v) is 3.65. The molecule has 0 saturated heterocycles. The van der Waals surface area contributed by atoms with Crippen LogP contribution in [0.15, 0.2) is 6.20 Å². The van der Waals surface area contributed by atoms with Crippen molar-refractivity contribution in [1.82, 2.24) is 15.1 Å². The van der Waals surface area contributed by atoms with E-state index in [0.29, 0.717) is 6.04 Å². The second-order valence-electron chi connectivity index (χ2n) is 6.38. The van der Waals surface area contributed by atoms with E-state index in [4.69, 9.17) is 0 Å². The van der Waals surface area contributed by atoms with Crippen LogP contribution in [0, 0.1) is 12.8 Å². The van der Waals surface area contributed by atoms with Crippen molar-refractivity contribution < 1.29 is 0 Å². The van der Waals surface area contributed by atoms with Gasteiger partial charge < -0.3 is 5.32 Å². The molecule has 1 heterocycles. The van der Waals surface area contributed by atoms with Gasteiger partial charge in [0.1, 0.15) is 0 Å². The van der Waals surface area contributed by atoms with Crippen LogP contribution in [0.5, 0.6) is 0 Å². The van der Waals surface area contributed by atoms with E-state index in [-0.39, 0.29) is 5.54 Å². The first-order valence-electron chi connectivity index (χ1n) is 6.66. The largest absolute Gasteiger partial charge is 0.308 e. The molecule has 1 aromatic heterocycles. The molecule has 3 heteroatoms. The van der Waals surface area contributed by atoms with Crippen LogP contribution in [0.4, 0.5) is 0 Å². The van der Waals surface area contributed by atoms with Gasteiger partial charge in [0, 0.05) is 23.3 Å². The van der Waals surface area contributed by atoms with Crippen molar-refractivity contribution >= 4 is 0 Å². The number of rotatable bonds is 4. The lowest BCUT2D eigenvalue weighted by Gasteiger charge is -2.20. The van der Waals surface area contributed by atoms with Crippen molar-refractivity contribution in [2.24, 2.45) is 5.92 Å². The van der Waals surface area contributed by atoms with Crippen molar-refractivity contribution in [3.63, 3.8) is 0 Å². The molecule has 1 N–H and O–H groups in total. The second-order valence-corrected chi connectivity index (χ2v) is 6.38. The normalized spacial score (nSPS) is 18.4. The SMILES string of the molecule is Cc1c(CNC(C)(C)C)cnn1C(C)C1CC1. The van der Waals surface area contributed by atoms with Gasteiger partial charge in [-0.05, 0) is 53.4 Å². The van der Waals surface area contributed by atoms with Crippen molar-refractivity contribution in [2.45, 2.75) is 65.6 Å². The molecule has 0 aliphatic heterocycles. The van der Waals surface area contributed by atoms with E-state index in [1.807, 2.05) is 6.20 Å². The molecule has 3 nitrogen and oxygen atoms in total. The number of aromatic nitrogens is 2. The van der Waals surface area contributed by atoms with E-state index in [9.17, 15) is 0 Å². The molecule has 1 aliphatic rings. The Morgan fingerprint density at radius 1 is 1.47 bits per heavy atom. The monoisotopic (exact) mass is 235 g/mol. The first-order valence-corrected chi connectivity index (χ1v) is 6.66. The molecule has 96 valence electrons. The van der Waals surface area contributed by atoms with Gasteiger partial charge >= 0.3 is 0 Å². The maximum absolute atomic E-state index is 4.55. The molecule has 1 aromatic rings. The van der Waals surface area contributed by atoms with Crippen LogP contribution in [-0.4, -0.2) is 15.3 Å². The van der Waals surface area contributed by atoms with Crippen LogP contribution in [0.3, 0.4) is 0 Å². The highest BCUT2D eigenvalue weighted by Gasteiger charge is 2.30. The Bertz CT molecular complexity index is 383. The summed E-state index contributed by atoms with van der Waals surface area (Å²) < 4.78 is 2.21. The summed E-state index contributed by atoms with van der Waals surface area (Å²) in [5.74, 6) is 0.858. The van der Waals surface area contributed by atoms with Gasteiger partial charge in [-0.2, -0.15) is 5.10 Å². The fourth-order valence-electron chi connectivity index (χ4n) is 2.18. The van der Waals surface area contributed by atoms with Crippen LogP contribution in [0.25, 0.3) is 0 Å². The molecule has 1 aliphatic carbocycles. The fraction of sp³-hybridized carbons (Fsp3) is 0.786. The summed E-state index contributed by atoms with van der Waals surface area (Å²) in [5.41, 5.74) is 2.81. The summed E-state index contributed by atoms with van der Waals surface area (Å²) in [6, 6.07) is 0.568. The Labute approximate surface area is 105 Å². The molecule has 0 amide bonds. The number of nitrogens with zero attached hydrogens (tertiary/aromatic N) is 2. The quantitative estimate of drug-likeness (QED) is 0.869. The lowest BCUT2D eigenvalue weighted by Crippen LogP contribution is -2.35. The molecule has 1 atom stereocenters. The van der Waals surface area contributed by atoms with Crippen LogP contribution in [-0.2, 0) is 6.54 Å². The standard InChI is InChI=1S/C14H25N3/c1-10(12-6-7-12)17-11(2)13(9-16-17)8-15-14(3,4)5/h9-10,12,15H,6-8H2,1-5H3. The smallest absolute Gasteiger partial charge is 0.0537 e. The highest BCUT2D eigenvalue weighted by atomic mass is 15.3. The Kier molecular flexibility index (Phi) is 3.30. The third-order valence-electron chi connectivity index (χ3n) is 3.65. The average molecular weight is 235 g/mol. The molecule has 1 unspecified atom stereocenters. The summed E-state index contributed by atoms with van der Waals surface area (Å²) in [4.78, 5) is 0. The molecule has 0 bridgehead atoms. The molecule has 0 aromatic carbocycles. The zero-order valence-corrected chi connectivity index (χ0v) is 11.7. The zero-order chi connectivity index (χ0) is 12.6. The maximum atomic E-state index is 4.55. The predicted molar refractivity (Wildman–Crippen MR) is 71.0 cm³/mol. The first kappa shape index (κ1) is 12.6. The predicted octanol–water partition coefficient (Wildman–Crippen LogP) is 3.05. The number of hydrogen-bond donors (Lipinski definition) is 1. The van der Waals surface area contributed by atoms with E-state index in [1.165, 1.54) is 24.1 Å². The number of nitrogens with one attached hydrogen (secondary N) is 1. The summed E-state index contributed by atoms with van der Waals surface area (Å²) in [5, 5.41) is 8.08. The Balaban J connectivity index is 2.04. The Hall–Kier alpha value is -0.830. The van der Waals surface area contributed by atoms with Crippen LogP contribution < -0.4 is 5.32 Å². The average Bonchev–Trinajstić information content (AvgIpc) is 2.99. The first-order chi connectivity index (χ1) is 7.88. The van der Waals surface area contributed by atoms with E-state index in [0.717, 1.165) is 12.5 Å². The molecule has 1 saturated carbocycles. The summed E-state index contributed by atoms with van der Waals surface area (Å²) in [6.45, 7) is 12.0. The topological polar surface area (TPSA) is 29.9 Å². The third kappa shape index (κ3) is 3.09. The highest BCUT2D eigenvalue weighted by Crippen LogP contribution is 2.39. The molecule has 0 radical (unpaired) electrons. The molecule has 0 spiro atoms. The van der Waals surface area contributed by atoms with Gasteiger partial charge in [-0.15, -0.1) is 0 Å². The van der Waals surface area contributed by atoms with Gasteiger partial charge in [0.25, 0.3) is 0 Å². The van der Waals surface area contributed by atoms with Crippen LogP contribution in [0.2, 0.25) is 0 Å². The lowest BCUT2D eigenvalue weighted by atomic mass is 10.1. The van der Waals surface area contributed by atoms with Gasteiger partial charge in [-0.1, -0.05) is 0 Å². The minimum Gasteiger partial charge on any atom is -0.308 e. The zero-order valence-electron chi connectivity index (χ0n) is 11.7. The Morgan fingerprint density at radius 2 is 2.12 bits per heavy atom.